The predicted molar refractivity (Wildman–Crippen MR) is 76.0 cm³/mol. The number of pyridine rings is 1. The zero-order valence-corrected chi connectivity index (χ0v) is 11.9. The highest BCUT2D eigenvalue weighted by atomic mass is 19.1. The van der Waals surface area contributed by atoms with E-state index in [9.17, 15) is 9.18 Å². The van der Waals surface area contributed by atoms with Gasteiger partial charge in [0.2, 0.25) is 0 Å². The Bertz CT molecular complexity index is 671. The molecule has 1 aromatic heterocycles. The molecule has 0 bridgehead atoms. The van der Waals surface area contributed by atoms with Gasteiger partial charge < -0.3 is 9.84 Å². The number of carboxylic acid groups (broad SMARTS) is 1. The van der Waals surface area contributed by atoms with Crippen molar-refractivity contribution in [1.82, 2.24) is 4.98 Å². The molecule has 21 heavy (non-hydrogen) atoms. The minimum Gasteiger partial charge on any atom is -0.487 e. The van der Waals surface area contributed by atoms with Crippen LogP contribution in [0.15, 0.2) is 30.3 Å². The van der Waals surface area contributed by atoms with Gasteiger partial charge in [-0.2, -0.15) is 0 Å². The monoisotopic (exact) mass is 289 g/mol. The predicted octanol–water partition coefficient (Wildman–Crippen LogP) is 3.37. The second-order valence-electron chi connectivity index (χ2n) is 4.66. The summed E-state index contributed by atoms with van der Waals surface area (Å²) in [6, 6.07) is 7.61. The summed E-state index contributed by atoms with van der Waals surface area (Å²) < 4.78 is 19.0. The van der Waals surface area contributed by atoms with Gasteiger partial charge in [0.05, 0.1) is 11.3 Å². The molecule has 0 saturated carbocycles. The average Bonchev–Trinajstić information content (AvgIpc) is 2.46. The van der Waals surface area contributed by atoms with Crippen LogP contribution in [0.2, 0.25) is 0 Å². The minimum absolute atomic E-state index is 0.165. The number of aromatic nitrogens is 1. The van der Waals surface area contributed by atoms with E-state index in [0.717, 1.165) is 23.9 Å². The van der Waals surface area contributed by atoms with Gasteiger partial charge in [0.1, 0.15) is 18.2 Å². The Hall–Kier alpha value is -2.43. The molecule has 1 aromatic carbocycles. The van der Waals surface area contributed by atoms with Crippen LogP contribution >= 0.6 is 0 Å². The van der Waals surface area contributed by atoms with Gasteiger partial charge in [-0.3, -0.25) is 4.98 Å². The molecule has 0 unspecified atom stereocenters. The van der Waals surface area contributed by atoms with Gasteiger partial charge >= 0.3 is 5.97 Å². The van der Waals surface area contributed by atoms with E-state index in [2.05, 4.69) is 4.98 Å². The quantitative estimate of drug-likeness (QED) is 0.916. The third-order valence-corrected chi connectivity index (χ3v) is 3.06. The van der Waals surface area contributed by atoms with Gasteiger partial charge in [-0.15, -0.1) is 0 Å². The summed E-state index contributed by atoms with van der Waals surface area (Å²) in [6.45, 7) is 4.05. The van der Waals surface area contributed by atoms with Crippen molar-refractivity contribution in [3.05, 3.63) is 58.7 Å². The Balaban J connectivity index is 2.17. The molecule has 0 aliphatic rings. The van der Waals surface area contributed by atoms with Crippen molar-refractivity contribution in [1.29, 1.82) is 0 Å². The number of rotatable bonds is 5. The topological polar surface area (TPSA) is 59.4 Å². The van der Waals surface area contributed by atoms with E-state index >= 15 is 0 Å². The first-order valence-corrected chi connectivity index (χ1v) is 6.62. The average molecular weight is 289 g/mol. The van der Waals surface area contributed by atoms with Gasteiger partial charge in [-0.05, 0) is 43.2 Å². The van der Waals surface area contributed by atoms with Gasteiger partial charge in [-0.1, -0.05) is 13.0 Å². The zero-order valence-electron chi connectivity index (χ0n) is 11.9. The molecule has 0 saturated heterocycles. The fraction of sp³-hybridized carbons (Fsp3) is 0.250. The Morgan fingerprint density at radius 1 is 1.33 bits per heavy atom. The van der Waals surface area contributed by atoms with Crippen LogP contribution in [0.1, 0.15) is 34.2 Å². The molecule has 2 rings (SSSR count). The van der Waals surface area contributed by atoms with Gasteiger partial charge in [-0.25, -0.2) is 9.18 Å². The summed E-state index contributed by atoms with van der Waals surface area (Å²) in [7, 11) is 0. The first kappa shape index (κ1) is 15.0. The second kappa shape index (κ2) is 6.35. The molecule has 0 spiro atoms. The summed E-state index contributed by atoms with van der Waals surface area (Å²) in [5.74, 6) is -1.39. The van der Waals surface area contributed by atoms with Crippen LogP contribution in [0, 0.1) is 12.7 Å². The van der Waals surface area contributed by atoms with Crippen LogP contribution in [-0.2, 0) is 13.0 Å². The minimum atomic E-state index is -1.29. The van der Waals surface area contributed by atoms with Crippen LogP contribution < -0.4 is 4.74 Å². The third-order valence-electron chi connectivity index (χ3n) is 3.06. The number of hydrogen-bond acceptors (Lipinski definition) is 3. The fourth-order valence-corrected chi connectivity index (χ4v) is 1.97. The molecule has 2 aromatic rings. The lowest BCUT2D eigenvalue weighted by atomic mass is 10.1. The summed E-state index contributed by atoms with van der Waals surface area (Å²) >= 11 is 0. The van der Waals surface area contributed by atoms with Crippen molar-refractivity contribution in [2.75, 3.05) is 0 Å². The van der Waals surface area contributed by atoms with Crippen LogP contribution in [0.3, 0.4) is 0 Å². The van der Waals surface area contributed by atoms with Crippen LogP contribution in [0.25, 0.3) is 0 Å². The first-order valence-electron chi connectivity index (χ1n) is 6.62. The smallest absolute Gasteiger partial charge is 0.338 e. The number of halogens is 1. The van der Waals surface area contributed by atoms with E-state index in [1.54, 1.807) is 0 Å². The number of hydrogen-bond donors (Lipinski definition) is 1. The second-order valence-corrected chi connectivity index (χ2v) is 4.66. The molecule has 0 atom stereocenters. The zero-order chi connectivity index (χ0) is 15.4. The lowest BCUT2D eigenvalue weighted by Gasteiger charge is -2.11. The molecular formula is C16H16FNO3. The van der Waals surface area contributed by atoms with E-state index in [4.69, 9.17) is 9.84 Å². The fourth-order valence-electron chi connectivity index (χ4n) is 1.97. The molecule has 1 N–H and O–H groups in total. The molecule has 0 aliphatic heterocycles. The molecule has 1 heterocycles. The van der Waals surface area contributed by atoms with Gasteiger partial charge in [0.15, 0.2) is 0 Å². The summed E-state index contributed by atoms with van der Waals surface area (Å²) in [5, 5.41) is 8.90. The SMILES string of the molecule is CCc1nc(C)ccc1OCc1ccc(F)c(C(=O)O)c1. The maximum absolute atomic E-state index is 13.3. The molecule has 0 radical (unpaired) electrons. The highest BCUT2D eigenvalue weighted by Crippen LogP contribution is 2.19. The normalized spacial score (nSPS) is 10.4. The number of ether oxygens (including phenoxy) is 1. The lowest BCUT2D eigenvalue weighted by molar-refractivity contribution is 0.0691. The van der Waals surface area contributed by atoms with Crippen molar-refractivity contribution >= 4 is 5.97 Å². The van der Waals surface area contributed by atoms with E-state index in [1.165, 1.54) is 12.1 Å². The Morgan fingerprint density at radius 3 is 2.76 bits per heavy atom. The van der Waals surface area contributed by atoms with Crippen molar-refractivity contribution in [2.45, 2.75) is 26.9 Å². The highest BCUT2D eigenvalue weighted by Gasteiger charge is 2.11. The number of carbonyl (C=O) groups is 1. The standard InChI is InChI=1S/C16H16FNO3/c1-3-14-15(7-4-10(2)18-14)21-9-11-5-6-13(17)12(8-11)16(19)20/h4-8H,3,9H2,1-2H3,(H,19,20). The molecule has 0 amide bonds. The van der Waals surface area contributed by atoms with Gasteiger partial charge in [0.25, 0.3) is 0 Å². The molecule has 0 fully saturated rings. The van der Waals surface area contributed by atoms with E-state index in [0.29, 0.717) is 11.3 Å². The number of aryl methyl sites for hydroxylation is 2. The number of nitrogens with zero attached hydrogens (tertiary/aromatic N) is 1. The Kier molecular flexibility index (Phi) is 4.52. The maximum Gasteiger partial charge on any atom is 0.338 e. The summed E-state index contributed by atoms with van der Waals surface area (Å²) in [4.78, 5) is 15.3. The Morgan fingerprint density at radius 2 is 2.10 bits per heavy atom. The Labute approximate surface area is 122 Å². The summed E-state index contributed by atoms with van der Waals surface area (Å²) in [6.07, 6.45) is 0.737. The van der Waals surface area contributed by atoms with E-state index in [-0.39, 0.29) is 12.2 Å². The number of aromatic carboxylic acids is 1. The molecule has 0 aliphatic carbocycles. The molecule has 110 valence electrons. The van der Waals surface area contributed by atoms with E-state index in [1.807, 2.05) is 26.0 Å². The number of carboxylic acids is 1. The van der Waals surface area contributed by atoms with Gasteiger partial charge in [0, 0.05) is 5.69 Å². The van der Waals surface area contributed by atoms with E-state index < -0.39 is 11.8 Å². The third kappa shape index (κ3) is 3.56. The van der Waals surface area contributed by atoms with Crippen LogP contribution in [-0.4, -0.2) is 16.1 Å². The maximum atomic E-state index is 13.3. The molecular weight excluding hydrogens is 273 g/mol. The molecule has 4 nitrogen and oxygen atoms in total. The van der Waals surface area contributed by atoms with Crippen molar-refractivity contribution in [2.24, 2.45) is 0 Å². The lowest BCUT2D eigenvalue weighted by Crippen LogP contribution is -2.05. The largest absolute Gasteiger partial charge is 0.487 e. The van der Waals surface area contributed by atoms with Crippen LogP contribution in [0.4, 0.5) is 4.39 Å². The van der Waals surface area contributed by atoms with Crippen molar-refractivity contribution in [3.63, 3.8) is 0 Å². The number of benzene rings is 1. The molecule has 5 heteroatoms. The highest BCUT2D eigenvalue weighted by molar-refractivity contribution is 5.88. The van der Waals surface area contributed by atoms with Crippen molar-refractivity contribution < 1.29 is 19.0 Å². The van der Waals surface area contributed by atoms with Crippen molar-refractivity contribution in [3.8, 4) is 5.75 Å². The van der Waals surface area contributed by atoms with Crippen LogP contribution in [0.5, 0.6) is 5.75 Å². The summed E-state index contributed by atoms with van der Waals surface area (Å²) in [5.41, 5.74) is 2.00. The first-order chi connectivity index (χ1) is 10.0.